The van der Waals surface area contributed by atoms with E-state index in [0.29, 0.717) is 17.3 Å². The van der Waals surface area contributed by atoms with Crippen molar-refractivity contribution in [3.63, 3.8) is 0 Å². The van der Waals surface area contributed by atoms with Crippen LogP contribution in [-0.4, -0.2) is 44.7 Å². The van der Waals surface area contributed by atoms with Gasteiger partial charge in [-0.05, 0) is 13.0 Å². The van der Waals surface area contributed by atoms with Gasteiger partial charge in [0.2, 0.25) is 5.95 Å². The normalized spacial score (nSPS) is 20.2. The topological polar surface area (TPSA) is 83.4 Å². The number of imide groups is 1. The van der Waals surface area contributed by atoms with Gasteiger partial charge in [-0.2, -0.15) is 0 Å². The van der Waals surface area contributed by atoms with Crippen molar-refractivity contribution in [2.45, 2.75) is 25.7 Å². The molecular weight excluding hydrogens is 387 g/mol. The van der Waals surface area contributed by atoms with Crippen LogP contribution in [0, 0.1) is 12.7 Å². The number of aromatic nitrogens is 3. The van der Waals surface area contributed by atoms with Crippen LogP contribution in [0.2, 0.25) is 0 Å². The number of aryl methyl sites for hydroxylation is 1. The average molecular weight is 406 g/mol. The van der Waals surface area contributed by atoms with Crippen molar-refractivity contribution >= 4 is 17.9 Å². The molecule has 1 fully saturated rings. The van der Waals surface area contributed by atoms with Gasteiger partial charge in [-0.3, -0.25) is 14.7 Å². The van der Waals surface area contributed by atoms with Gasteiger partial charge in [0.1, 0.15) is 12.0 Å². The van der Waals surface area contributed by atoms with Gasteiger partial charge in [-0.1, -0.05) is 48.0 Å². The molecule has 152 valence electrons. The van der Waals surface area contributed by atoms with E-state index in [0.717, 1.165) is 11.1 Å². The van der Waals surface area contributed by atoms with Crippen LogP contribution in [0.1, 0.15) is 17.3 Å². The first-order valence-electron chi connectivity index (χ1n) is 9.55. The van der Waals surface area contributed by atoms with Crippen molar-refractivity contribution in [2.75, 3.05) is 11.9 Å². The van der Waals surface area contributed by atoms with E-state index in [1.165, 1.54) is 11.0 Å². The first kappa shape index (κ1) is 18.3. The second-order valence-corrected chi connectivity index (χ2v) is 7.54. The molecule has 2 aromatic carbocycles. The molecule has 1 aromatic heterocycles. The van der Waals surface area contributed by atoms with E-state index >= 15 is 0 Å². The molecule has 30 heavy (non-hydrogen) atoms. The Kier molecular flexibility index (Phi) is 4.05. The Morgan fingerprint density at radius 1 is 1.07 bits per heavy atom. The van der Waals surface area contributed by atoms with Gasteiger partial charge >= 0.3 is 6.03 Å². The number of hydrogen-bond donors (Lipinski definition) is 1. The summed E-state index contributed by atoms with van der Waals surface area (Å²) in [6, 6.07) is 12.9. The Morgan fingerprint density at radius 2 is 1.80 bits per heavy atom. The highest BCUT2D eigenvalue weighted by Crippen LogP contribution is 2.41. The maximum atomic E-state index is 14.4. The number of carbonyl (C=O) groups is 2. The predicted octanol–water partition coefficient (Wildman–Crippen LogP) is 2.46. The lowest BCUT2D eigenvalue weighted by atomic mass is 10.1. The lowest BCUT2D eigenvalue weighted by Crippen LogP contribution is -2.61. The van der Waals surface area contributed by atoms with Gasteiger partial charge < -0.3 is 9.80 Å². The predicted molar refractivity (Wildman–Crippen MR) is 107 cm³/mol. The number of anilines is 1. The Bertz CT molecular complexity index is 1160. The zero-order chi connectivity index (χ0) is 21.0. The quantitative estimate of drug-likeness (QED) is 0.723. The molecule has 9 heteroatoms. The Labute approximate surface area is 171 Å². The summed E-state index contributed by atoms with van der Waals surface area (Å²) < 4.78 is 16.1. The molecule has 3 amide bonds. The first-order valence-corrected chi connectivity index (χ1v) is 9.55. The number of urea groups is 1. The molecule has 5 rings (SSSR count). The fourth-order valence-corrected chi connectivity index (χ4v) is 4.08. The van der Waals surface area contributed by atoms with Crippen molar-refractivity contribution < 1.29 is 14.0 Å². The SMILES string of the molecule is Cc1ccc(-c2nnc3n2C2C(C(=O)NC(=O)N2C)N3Cc2ccccc2F)cc1. The maximum absolute atomic E-state index is 14.4. The molecule has 0 bridgehead atoms. The van der Waals surface area contributed by atoms with Crippen LogP contribution < -0.4 is 10.2 Å². The molecular formula is C21H19FN6O2. The fraction of sp³-hybridized carbons (Fsp3) is 0.238. The van der Waals surface area contributed by atoms with Gasteiger partial charge in [0.05, 0.1) is 0 Å². The number of rotatable bonds is 3. The van der Waals surface area contributed by atoms with Crippen LogP contribution in [0.3, 0.4) is 0 Å². The minimum Gasteiger partial charge on any atom is -0.320 e. The van der Waals surface area contributed by atoms with Crippen molar-refractivity contribution in [1.82, 2.24) is 25.0 Å². The highest BCUT2D eigenvalue weighted by Gasteiger charge is 2.52. The van der Waals surface area contributed by atoms with Crippen molar-refractivity contribution in [3.05, 3.63) is 65.5 Å². The van der Waals surface area contributed by atoms with Crippen LogP contribution in [0.25, 0.3) is 11.4 Å². The van der Waals surface area contributed by atoms with Gasteiger partial charge in [0, 0.05) is 24.7 Å². The summed E-state index contributed by atoms with van der Waals surface area (Å²) in [7, 11) is 1.62. The number of hydrogen-bond acceptors (Lipinski definition) is 5. The van der Waals surface area contributed by atoms with Crippen molar-refractivity contribution in [1.29, 1.82) is 0 Å². The van der Waals surface area contributed by atoms with Crippen molar-refractivity contribution in [2.24, 2.45) is 0 Å². The lowest BCUT2D eigenvalue weighted by molar-refractivity contribution is -0.124. The van der Waals surface area contributed by atoms with Crippen LogP contribution in [0.5, 0.6) is 0 Å². The fourth-order valence-electron chi connectivity index (χ4n) is 4.08. The van der Waals surface area contributed by atoms with Crippen LogP contribution in [0.15, 0.2) is 48.5 Å². The number of nitrogens with one attached hydrogen (secondary N) is 1. The van der Waals surface area contributed by atoms with Crippen LogP contribution in [0.4, 0.5) is 15.1 Å². The summed E-state index contributed by atoms with van der Waals surface area (Å²) in [6.45, 7) is 2.11. The van der Waals surface area contributed by atoms with E-state index in [1.54, 1.807) is 34.7 Å². The highest BCUT2D eigenvalue weighted by atomic mass is 19.1. The van der Waals surface area contributed by atoms with E-state index in [2.05, 4.69) is 15.5 Å². The van der Waals surface area contributed by atoms with Gasteiger partial charge in [-0.15, -0.1) is 10.2 Å². The minimum atomic E-state index is -0.748. The summed E-state index contributed by atoms with van der Waals surface area (Å²) in [5.74, 6) is 0.150. The third-order valence-corrected chi connectivity index (χ3v) is 5.64. The zero-order valence-electron chi connectivity index (χ0n) is 16.4. The molecule has 0 aliphatic carbocycles. The molecule has 2 unspecified atom stereocenters. The second kappa shape index (κ2) is 6.65. The minimum absolute atomic E-state index is 0.120. The molecule has 2 aliphatic heterocycles. The molecule has 0 spiro atoms. The van der Waals surface area contributed by atoms with Crippen molar-refractivity contribution in [3.8, 4) is 11.4 Å². The highest BCUT2D eigenvalue weighted by molar-refractivity contribution is 6.02. The number of nitrogens with zero attached hydrogens (tertiary/aromatic N) is 5. The largest absolute Gasteiger partial charge is 0.325 e. The lowest BCUT2D eigenvalue weighted by Gasteiger charge is -2.37. The molecule has 1 N–H and O–H groups in total. The maximum Gasteiger partial charge on any atom is 0.325 e. The summed E-state index contributed by atoms with van der Waals surface area (Å²) in [4.78, 5) is 28.3. The van der Waals surface area contributed by atoms with E-state index in [9.17, 15) is 14.0 Å². The van der Waals surface area contributed by atoms with Crippen LogP contribution in [-0.2, 0) is 11.3 Å². The smallest absolute Gasteiger partial charge is 0.320 e. The van der Waals surface area contributed by atoms with E-state index in [-0.39, 0.29) is 12.4 Å². The second-order valence-electron chi connectivity index (χ2n) is 7.54. The van der Waals surface area contributed by atoms with Crippen LogP contribution >= 0.6 is 0 Å². The van der Waals surface area contributed by atoms with E-state index in [1.807, 2.05) is 31.2 Å². The first-order chi connectivity index (χ1) is 14.5. The monoisotopic (exact) mass is 406 g/mol. The molecule has 0 saturated carbocycles. The molecule has 2 aliphatic rings. The average Bonchev–Trinajstić information content (AvgIpc) is 3.28. The van der Waals surface area contributed by atoms with Gasteiger partial charge in [0.15, 0.2) is 11.9 Å². The van der Waals surface area contributed by atoms with E-state index < -0.39 is 24.1 Å². The van der Waals surface area contributed by atoms with Gasteiger partial charge in [-0.25, -0.2) is 9.18 Å². The summed E-state index contributed by atoms with van der Waals surface area (Å²) in [5, 5.41) is 11.0. The van der Waals surface area contributed by atoms with Gasteiger partial charge in [0.25, 0.3) is 5.91 Å². The number of benzene rings is 2. The third kappa shape index (κ3) is 2.66. The zero-order valence-corrected chi connectivity index (χ0v) is 16.4. The molecule has 3 aromatic rings. The number of halogens is 1. The Morgan fingerprint density at radius 3 is 2.53 bits per heavy atom. The molecule has 2 atom stereocenters. The number of amides is 3. The molecule has 0 radical (unpaired) electrons. The van der Waals surface area contributed by atoms with E-state index in [4.69, 9.17) is 0 Å². The standard InChI is InChI=1S/C21H19FN6O2/c1-12-7-9-13(10-8-12)17-24-25-20-27(11-14-5-3-4-6-15(14)22)16-18(29)23-21(30)26(2)19(16)28(17)20/h3-10,16,19H,11H2,1-2H3,(H,23,29,30). The molecule has 8 nitrogen and oxygen atoms in total. The number of fused-ring (bicyclic) bond motifs is 3. The Hall–Kier alpha value is -3.75. The molecule has 1 saturated heterocycles. The third-order valence-electron chi connectivity index (χ3n) is 5.64. The molecule has 3 heterocycles. The summed E-state index contributed by atoms with van der Waals surface area (Å²) in [6.07, 6.45) is -0.640. The summed E-state index contributed by atoms with van der Waals surface area (Å²) in [5.41, 5.74) is 2.35. The Balaban J connectivity index is 1.65. The number of carbonyl (C=O) groups excluding carboxylic acids is 2. The number of likely N-dealkylation sites (N-methyl/N-ethyl adjacent to an activating group) is 1. The summed E-state index contributed by atoms with van der Waals surface area (Å²) >= 11 is 0.